The summed E-state index contributed by atoms with van der Waals surface area (Å²) in [7, 11) is 0. The Bertz CT molecular complexity index is 620. The van der Waals surface area contributed by atoms with E-state index >= 15 is 0 Å². The molecule has 4 atom stereocenters. The van der Waals surface area contributed by atoms with Crippen LogP contribution in [-0.4, -0.2) is 38.9 Å². The zero-order chi connectivity index (χ0) is 15.5. The summed E-state index contributed by atoms with van der Waals surface area (Å²) in [4.78, 5) is 8.92. The van der Waals surface area contributed by atoms with Crippen molar-refractivity contribution in [3.05, 3.63) is 48.3 Å². The summed E-state index contributed by atoms with van der Waals surface area (Å²) in [6, 6.07) is 11.6. The van der Waals surface area contributed by atoms with Crippen molar-refractivity contribution >= 4 is 0 Å². The number of hydrogen-bond donors (Lipinski definition) is 3. The first kappa shape index (κ1) is 15.1. The van der Waals surface area contributed by atoms with Crippen molar-refractivity contribution in [2.24, 2.45) is 17.6 Å². The van der Waals surface area contributed by atoms with E-state index in [-0.39, 0.29) is 24.5 Å². The molecule has 0 spiro atoms. The van der Waals surface area contributed by atoms with E-state index < -0.39 is 6.10 Å². The van der Waals surface area contributed by atoms with E-state index in [9.17, 15) is 10.2 Å². The summed E-state index contributed by atoms with van der Waals surface area (Å²) in [5, 5.41) is 19.5. The maximum atomic E-state index is 9.97. The summed E-state index contributed by atoms with van der Waals surface area (Å²) >= 11 is 0. The molecule has 0 bridgehead atoms. The Kier molecular flexibility index (Phi) is 4.47. The predicted molar refractivity (Wildman–Crippen MR) is 83.8 cm³/mol. The second kappa shape index (κ2) is 6.52. The first-order valence-corrected chi connectivity index (χ1v) is 7.61. The van der Waals surface area contributed by atoms with Crippen LogP contribution in [0.2, 0.25) is 0 Å². The van der Waals surface area contributed by atoms with Crippen molar-refractivity contribution in [3.8, 4) is 11.4 Å². The maximum Gasteiger partial charge on any atom is 0.159 e. The van der Waals surface area contributed by atoms with Gasteiger partial charge in [-0.3, -0.25) is 0 Å². The predicted octanol–water partition coefficient (Wildman–Crippen LogP) is 1.00. The van der Waals surface area contributed by atoms with Crippen LogP contribution >= 0.6 is 0 Å². The second-order valence-corrected chi connectivity index (χ2v) is 5.92. The maximum absolute atomic E-state index is 9.97. The zero-order valence-electron chi connectivity index (χ0n) is 12.3. The summed E-state index contributed by atoms with van der Waals surface area (Å²) in [6.45, 7) is -0.0455. The van der Waals surface area contributed by atoms with Gasteiger partial charge in [-0.25, -0.2) is 9.97 Å². The largest absolute Gasteiger partial charge is 0.396 e. The van der Waals surface area contributed by atoms with Gasteiger partial charge in [-0.05, 0) is 24.8 Å². The molecule has 22 heavy (non-hydrogen) atoms. The molecule has 1 aromatic carbocycles. The van der Waals surface area contributed by atoms with Crippen molar-refractivity contribution in [1.29, 1.82) is 0 Å². The van der Waals surface area contributed by atoms with Gasteiger partial charge in [0.25, 0.3) is 0 Å². The summed E-state index contributed by atoms with van der Waals surface area (Å²) < 4.78 is 0. The number of nitrogens with zero attached hydrogens (tertiary/aromatic N) is 2. The average molecular weight is 299 g/mol. The van der Waals surface area contributed by atoms with E-state index in [1.54, 1.807) is 6.20 Å². The molecule has 1 saturated carbocycles. The number of nitrogens with two attached hydrogens (primary N) is 1. The Morgan fingerprint density at radius 3 is 2.64 bits per heavy atom. The Morgan fingerprint density at radius 1 is 1.14 bits per heavy atom. The smallest absolute Gasteiger partial charge is 0.159 e. The van der Waals surface area contributed by atoms with Gasteiger partial charge < -0.3 is 15.9 Å². The summed E-state index contributed by atoms with van der Waals surface area (Å²) in [6.07, 6.45) is 2.40. The Hall–Kier alpha value is -1.82. The fourth-order valence-electron chi connectivity index (χ4n) is 3.27. The SMILES string of the molecule is NC1CC(O)C(CO)C1Cc1ccnc(-c2ccccc2)n1. The molecule has 3 rings (SSSR count). The van der Waals surface area contributed by atoms with Gasteiger partial charge in [0.1, 0.15) is 0 Å². The van der Waals surface area contributed by atoms with Crippen molar-refractivity contribution in [1.82, 2.24) is 9.97 Å². The van der Waals surface area contributed by atoms with E-state index in [4.69, 9.17) is 5.73 Å². The van der Waals surface area contributed by atoms with Gasteiger partial charge in [-0.15, -0.1) is 0 Å². The normalized spacial score (nSPS) is 28.0. The summed E-state index contributed by atoms with van der Waals surface area (Å²) in [5.74, 6) is 0.550. The zero-order valence-corrected chi connectivity index (χ0v) is 12.3. The molecule has 1 aliphatic carbocycles. The molecule has 5 nitrogen and oxygen atoms in total. The fraction of sp³-hybridized carbons (Fsp3) is 0.412. The van der Waals surface area contributed by atoms with E-state index in [2.05, 4.69) is 9.97 Å². The lowest BCUT2D eigenvalue weighted by Crippen LogP contribution is -2.31. The number of rotatable bonds is 4. The van der Waals surface area contributed by atoms with Gasteiger partial charge in [-0.1, -0.05) is 30.3 Å². The summed E-state index contributed by atoms with van der Waals surface area (Å²) in [5.41, 5.74) is 7.98. The molecule has 4 unspecified atom stereocenters. The minimum Gasteiger partial charge on any atom is -0.396 e. The monoisotopic (exact) mass is 299 g/mol. The van der Waals surface area contributed by atoms with Crippen LogP contribution in [0.4, 0.5) is 0 Å². The quantitative estimate of drug-likeness (QED) is 0.783. The highest BCUT2D eigenvalue weighted by Gasteiger charge is 2.40. The van der Waals surface area contributed by atoms with Crippen LogP contribution in [0.1, 0.15) is 12.1 Å². The average Bonchev–Trinajstić information content (AvgIpc) is 2.82. The van der Waals surface area contributed by atoms with Crippen LogP contribution in [0.15, 0.2) is 42.6 Å². The molecule has 0 aliphatic heterocycles. The van der Waals surface area contributed by atoms with E-state index in [0.29, 0.717) is 18.7 Å². The Morgan fingerprint density at radius 2 is 1.91 bits per heavy atom. The molecule has 5 heteroatoms. The minimum atomic E-state index is -0.527. The van der Waals surface area contributed by atoms with Crippen molar-refractivity contribution in [2.45, 2.75) is 25.0 Å². The molecule has 1 heterocycles. The lowest BCUT2D eigenvalue weighted by atomic mass is 9.89. The first-order chi connectivity index (χ1) is 10.7. The highest BCUT2D eigenvalue weighted by Crippen LogP contribution is 2.33. The van der Waals surface area contributed by atoms with Gasteiger partial charge >= 0.3 is 0 Å². The van der Waals surface area contributed by atoms with Crippen LogP contribution < -0.4 is 5.73 Å². The van der Waals surface area contributed by atoms with Gasteiger partial charge in [0.2, 0.25) is 0 Å². The third-order valence-electron chi connectivity index (χ3n) is 4.51. The molecule has 2 aromatic rings. The third kappa shape index (κ3) is 3.02. The van der Waals surface area contributed by atoms with Crippen molar-refractivity contribution < 1.29 is 10.2 Å². The van der Waals surface area contributed by atoms with Gasteiger partial charge in [0.05, 0.1) is 6.10 Å². The molecule has 0 amide bonds. The molecular formula is C17H21N3O2. The number of aromatic nitrogens is 2. The van der Waals surface area contributed by atoms with Crippen LogP contribution in [0.3, 0.4) is 0 Å². The van der Waals surface area contributed by atoms with E-state index in [1.807, 2.05) is 36.4 Å². The van der Waals surface area contributed by atoms with Crippen LogP contribution in [0.25, 0.3) is 11.4 Å². The van der Waals surface area contributed by atoms with Crippen LogP contribution in [0.5, 0.6) is 0 Å². The molecule has 1 aromatic heterocycles. The minimum absolute atomic E-state index is 0.0403. The number of hydrogen-bond acceptors (Lipinski definition) is 5. The number of benzene rings is 1. The highest BCUT2D eigenvalue weighted by atomic mass is 16.3. The lowest BCUT2D eigenvalue weighted by molar-refractivity contribution is 0.0718. The molecule has 4 N–H and O–H groups in total. The molecule has 1 fully saturated rings. The Labute approximate surface area is 129 Å². The fourth-order valence-corrected chi connectivity index (χ4v) is 3.27. The van der Waals surface area contributed by atoms with Gasteiger partial charge in [0, 0.05) is 36.0 Å². The van der Waals surface area contributed by atoms with Crippen molar-refractivity contribution in [2.75, 3.05) is 6.61 Å². The topological polar surface area (TPSA) is 92.3 Å². The van der Waals surface area contributed by atoms with Crippen LogP contribution in [0, 0.1) is 11.8 Å². The van der Waals surface area contributed by atoms with Crippen molar-refractivity contribution in [3.63, 3.8) is 0 Å². The standard InChI is InChI=1S/C17H21N3O2/c18-15-9-16(22)14(10-21)13(15)8-12-6-7-19-17(20-12)11-4-2-1-3-5-11/h1-7,13-16,21-22H,8-10,18H2. The molecule has 116 valence electrons. The van der Waals surface area contributed by atoms with Gasteiger partial charge in [-0.2, -0.15) is 0 Å². The Balaban J connectivity index is 1.81. The lowest BCUT2D eigenvalue weighted by Gasteiger charge is -2.21. The van der Waals surface area contributed by atoms with Gasteiger partial charge in [0.15, 0.2) is 5.82 Å². The van der Waals surface area contributed by atoms with E-state index in [1.165, 1.54) is 0 Å². The number of aliphatic hydroxyl groups is 2. The molecule has 0 radical (unpaired) electrons. The molecule has 0 saturated heterocycles. The molecular weight excluding hydrogens is 278 g/mol. The first-order valence-electron chi connectivity index (χ1n) is 7.61. The molecule has 1 aliphatic rings. The third-order valence-corrected chi connectivity index (χ3v) is 4.51. The number of aliphatic hydroxyl groups excluding tert-OH is 2. The van der Waals surface area contributed by atoms with Crippen LogP contribution in [-0.2, 0) is 6.42 Å². The van der Waals surface area contributed by atoms with E-state index in [0.717, 1.165) is 11.3 Å². The second-order valence-electron chi connectivity index (χ2n) is 5.92. The highest BCUT2D eigenvalue weighted by molar-refractivity contribution is 5.54.